The molecule has 1 aromatic rings. The topological polar surface area (TPSA) is 29.9 Å². The molecule has 1 N–H and O–H groups in total. The second-order valence-corrected chi connectivity index (χ2v) is 5.84. The molecule has 4 atom stereocenters. The number of fused-ring (bicyclic) bond motifs is 5. The minimum atomic E-state index is 0.834. The molecule has 86 valence electrons. The largest absolute Gasteiger partial charge is 0.308 e. The molecular weight excluding hydrogens is 198 g/mol. The molecule has 0 spiro atoms. The molecule has 3 saturated carbocycles. The molecule has 16 heavy (non-hydrogen) atoms. The second-order valence-electron chi connectivity index (χ2n) is 5.84. The van der Waals surface area contributed by atoms with Crippen LogP contribution in [-0.4, -0.2) is 15.8 Å². The Bertz CT molecular complexity index is 395. The van der Waals surface area contributed by atoms with Gasteiger partial charge in [-0.2, -0.15) is 5.10 Å². The van der Waals surface area contributed by atoms with Crippen molar-refractivity contribution < 1.29 is 0 Å². The van der Waals surface area contributed by atoms with E-state index < -0.39 is 0 Å². The SMILES string of the molecule is Cn1nccc1CNC1C2C3CCC(C3)C12. The number of hydrogen-bond donors (Lipinski definition) is 1. The molecule has 0 amide bonds. The predicted molar refractivity (Wildman–Crippen MR) is 61.6 cm³/mol. The van der Waals surface area contributed by atoms with E-state index in [1.165, 1.54) is 18.5 Å². The van der Waals surface area contributed by atoms with Crippen molar-refractivity contribution in [1.82, 2.24) is 15.1 Å². The number of nitrogens with one attached hydrogen (secondary N) is 1. The summed E-state index contributed by atoms with van der Waals surface area (Å²) in [4.78, 5) is 0. The van der Waals surface area contributed by atoms with Crippen LogP contribution in [-0.2, 0) is 13.6 Å². The molecule has 0 aliphatic heterocycles. The maximum absolute atomic E-state index is 4.21. The predicted octanol–water partition coefficient (Wildman–Crippen LogP) is 1.55. The molecule has 3 nitrogen and oxygen atoms in total. The van der Waals surface area contributed by atoms with Gasteiger partial charge in [0.15, 0.2) is 0 Å². The van der Waals surface area contributed by atoms with Crippen molar-refractivity contribution in [3.8, 4) is 0 Å². The van der Waals surface area contributed by atoms with Crippen LogP contribution in [0.3, 0.4) is 0 Å². The van der Waals surface area contributed by atoms with Gasteiger partial charge in [0.05, 0.1) is 5.69 Å². The van der Waals surface area contributed by atoms with Gasteiger partial charge in [0.2, 0.25) is 0 Å². The summed E-state index contributed by atoms with van der Waals surface area (Å²) in [6, 6.07) is 2.95. The summed E-state index contributed by atoms with van der Waals surface area (Å²) in [5.41, 5.74) is 1.30. The minimum absolute atomic E-state index is 0.834. The Morgan fingerprint density at radius 3 is 2.75 bits per heavy atom. The van der Waals surface area contributed by atoms with E-state index in [1.54, 1.807) is 6.42 Å². The van der Waals surface area contributed by atoms with E-state index >= 15 is 0 Å². The highest BCUT2D eigenvalue weighted by Crippen LogP contribution is 2.65. The molecule has 4 rings (SSSR count). The number of aryl methyl sites for hydroxylation is 1. The van der Waals surface area contributed by atoms with Gasteiger partial charge in [-0.3, -0.25) is 4.68 Å². The molecule has 0 radical (unpaired) electrons. The lowest BCUT2D eigenvalue weighted by atomic mass is 10.0. The van der Waals surface area contributed by atoms with Gasteiger partial charge in [-0.05, 0) is 49.0 Å². The van der Waals surface area contributed by atoms with E-state index in [4.69, 9.17) is 0 Å². The number of nitrogens with zero attached hydrogens (tertiary/aromatic N) is 2. The van der Waals surface area contributed by atoms with Crippen molar-refractivity contribution in [2.45, 2.75) is 31.8 Å². The summed E-state index contributed by atoms with van der Waals surface area (Å²) >= 11 is 0. The van der Waals surface area contributed by atoms with Gasteiger partial charge >= 0.3 is 0 Å². The van der Waals surface area contributed by atoms with Crippen molar-refractivity contribution in [3.63, 3.8) is 0 Å². The van der Waals surface area contributed by atoms with Gasteiger partial charge in [0, 0.05) is 25.8 Å². The lowest BCUT2D eigenvalue weighted by molar-refractivity contribution is 0.456. The van der Waals surface area contributed by atoms with Crippen LogP contribution in [0.5, 0.6) is 0 Å². The maximum atomic E-state index is 4.21. The van der Waals surface area contributed by atoms with Crippen LogP contribution in [0.15, 0.2) is 12.3 Å². The Morgan fingerprint density at radius 1 is 1.38 bits per heavy atom. The zero-order chi connectivity index (χ0) is 10.7. The first-order valence-electron chi connectivity index (χ1n) is 6.55. The zero-order valence-corrected chi connectivity index (χ0v) is 9.76. The molecule has 3 aliphatic carbocycles. The number of aromatic nitrogens is 2. The highest BCUT2D eigenvalue weighted by Gasteiger charge is 2.64. The first-order chi connectivity index (χ1) is 7.84. The van der Waals surface area contributed by atoms with E-state index in [2.05, 4.69) is 16.5 Å². The maximum Gasteiger partial charge on any atom is 0.0518 e. The third-order valence-electron chi connectivity index (χ3n) is 5.18. The molecular formula is C13H19N3. The van der Waals surface area contributed by atoms with Crippen LogP contribution in [0, 0.1) is 23.7 Å². The van der Waals surface area contributed by atoms with Crippen LogP contribution in [0.2, 0.25) is 0 Å². The zero-order valence-electron chi connectivity index (χ0n) is 9.76. The summed E-state index contributed by atoms with van der Waals surface area (Å²) < 4.78 is 1.97. The van der Waals surface area contributed by atoms with E-state index in [-0.39, 0.29) is 0 Å². The van der Waals surface area contributed by atoms with Crippen molar-refractivity contribution in [2.24, 2.45) is 30.7 Å². The minimum Gasteiger partial charge on any atom is -0.308 e. The van der Waals surface area contributed by atoms with Gasteiger partial charge < -0.3 is 5.32 Å². The molecule has 3 aliphatic rings. The first-order valence-corrected chi connectivity index (χ1v) is 6.55. The molecule has 0 saturated heterocycles. The van der Waals surface area contributed by atoms with E-state index in [1.807, 2.05) is 17.9 Å². The number of hydrogen-bond acceptors (Lipinski definition) is 2. The summed E-state index contributed by atoms with van der Waals surface area (Å²) in [6.45, 7) is 0.994. The lowest BCUT2D eigenvalue weighted by Crippen LogP contribution is -2.23. The Hall–Kier alpha value is -0.830. The third kappa shape index (κ3) is 1.15. The molecule has 1 aromatic heterocycles. The van der Waals surface area contributed by atoms with Crippen molar-refractivity contribution in [3.05, 3.63) is 18.0 Å². The summed E-state index contributed by atoms with van der Waals surface area (Å²) in [5.74, 6) is 4.21. The second kappa shape index (κ2) is 3.10. The van der Waals surface area contributed by atoms with E-state index in [0.717, 1.165) is 36.3 Å². The molecule has 2 bridgehead atoms. The molecule has 0 aromatic carbocycles. The van der Waals surface area contributed by atoms with Crippen LogP contribution in [0.4, 0.5) is 0 Å². The summed E-state index contributed by atoms with van der Waals surface area (Å²) in [5, 5.41) is 7.95. The third-order valence-corrected chi connectivity index (χ3v) is 5.18. The van der Waals surface area contributed by atoms with Crippen LogP contribution < -0.4 is 5.32 Å². The molecule has 3 fully saturated rings. The fraction of sp³-hybridized carbons (Fsp3) is 0.769. The molecule has 3 heteroatoms. The Kier molecular flexibility index (Phi) is 1.79. The Labute approximate surface area is 96.2 Å². The highest BCUT2D eigenvalue weighted by molar-refractivity contribution is 5.17. The van der Waals surface area contributed by atoms with E-state index in [9.17, 15) is 0 Å². The standard InChI is InChI=1S/C13H19N3/c1-16-10(4-5-15-16)7-14-13-11-8-2-3-9(6-8)12(11)13/h4-5,8-9,11-14H,2-3,6-7H2,1H3. The Balaban J connectivity index is 1.39. The fourth-order valence-electron chi connectivity index (χ4n) is 4.40. The van der Waals surface area contributed by atoms with Gasteiger partial charge in [0.25, 0.3) is 0 Å². The average Bonchev–Trinajstić information content (AvgIpc) is 2.70. The van der Waals surface area contributed by atoms with Gasteiger partial charge in [-0.25, -0.2) is 0 Å². The smallest absolute Gasteiger partial charge is 0.0518 e. The highest BCUT2D eigenvalue weighted by atomic mass is 15.3. The molecule has 4 unspecified atom stereocenters. The van der Waals surface area contributed by atoms with Gasteiger partial charge in [0.1, 0.15) is 0 Å². The van der Waals surface area contributed by atoms with Gasteiger partial charge in [-0.1, -0.05) is 0 Å². The van der Waals surface area contributed by atoms with E-state index in [0.29, 0.717) is 0 Å². The quantitative estimate of drug-likeness (QED) is 0.832. The number of rotatable bonds is 3. The first kappa shape index (κ1) is 9.23. The van der Waals surface area contributed by atoms with Crippen LogP contribution in [0.25, 0.3) is 0 Å². The monoisotopic (exact) mass is 217 g/mol. The molecule has 1 heterocycles. The lowest BCUT2D eigenvalue weighted by Gasteiger charge is -2.10. The van der Waals surface area contributed by atoms with Crippen LogP contribution in [0.1, 0.15) is 25.0 Å². The van der Waals surface area contributed by atoms with Gasteiger partial charge in [-0.15, -0.1) is 0 Å². The average molecular weight is 217 g/mol. The van der Waals surface area contributed by atoms with Crippen LogP contribution >= 0.6 is 0 Å². The summed E-state index contributed by atoms with van der Waals surface area (Å²) in [7, 11) is 2.02. The van der Waals surface area contributed by atoms with Crippen molar-refractivity contribution >= 4 is 0 Å². The normalized spacial score (nSPS) is 43.7. The summed E-state index contributed by atoms with van der Waals surface area (Å²) in [6.07, 6.45) is 6.44. The van der Waals surface area contributed by atoms with Crippen molar-refractivity contribution in [2.75, 3.05) is 0 Å². The Morgan fingerprint density at radius 2 is 2.12 bits per heavy atom. The van der Waals surface area contributed by atoms with Crippen molar-refractivity contribution in [1.29, 1.82) is 0 Å². The fourth-order valence-corrected chi connectivity index (χ4v) is 4.40.